The molecule has 2 aliphatic rings. The molecule has 0 aromatic carbocycles. The van der Waals surface area contributed by atoms with Crippen LogP contribution in [0.4, 0.5) is 0 Å². The number of amides is 1. The van der Waals surface area contributed by atoms with E-state index in [1.165, 1.54) is 18.5 Å². The number of fused-ring (bicyclic) bond motifs is 1. The molecule has 0 saturated carbocycles. The molecule has 0 radical (unpaired) electrons. The minimum atomic E-state index is 0.199. The summed E-state index contributed by atoms with van der Waals surface area (Å²) in [6.07, 6.45) is 11.4. The van der Waals surface area contributed by atoms with Gasteiger partial charge in [0.15, 0.2) is 0 Å². The lowest BCUT2D eigenvalue weighted by Crippen LogP contribution is -2.44. The van der Waals surface area contributed by atoms with Crippen molar-refractivity contribution in [2.45, 2.75) is 64.5 Å². The fraction of sp³-hybridized carbons (Fsp3) is 0.706. The van der Waals surface area contributed by atoms with Crippen LogP contribution in [-0.4, -0.2) is 44.7 Å². The van der Waals surface area contributed by atoms with Gasteiger partial charge in [-0.05, 0) is 38.5 Å². The number of allylic oxidation sites excluding steroid dienone is 2. The zero-order valence-electron chi connectivity index (χ0n) is 14.0. The molecule has 1 N–H and O–H groups in total. The average molecular weight is 317 g/mol. The van der Waals surface area contributed by atoms with E-state index in [2.05, 4.69) is 28.4 Å². The van der Waals surface area contributed by atoms with Gasteiger partial charge in [0.2, 0.25) is 5.91 Å². The number of carbonyl (C=O) groups excluding carboxylic acids is 1. The summed E-state index contributed by atoms with van der Waals surface area (Å²) in [5.74, 6) is 1.25. The van der Waals surface area contributed by atoms with Gasteiger partial charge in [-0.3, -0.25) is 4.79 Å². The van der Waals surface area contributed by atoms with E-state index in [4.69, 9.17) is 0 Å². The molecular weight excluding hydrogens is 290 g/mol. The topological polar surface area (TPSA) is 63.1 Å². The summed E-state index contributed by atoms with van der Waals surface area (Å²) >= 11 is 0. The van der Waals surface area contributed by atoms with Crippen molar-refractivity contribution in [2.75, 3.05) is 13.1 Å². The van der Waals surface area contributed by atoms with E-state index in [1.54, 1.807) is 6.33 Å². The first kappa shape index (κ1) is 16.2. The van der Waals surface area contributed by atoms with Crippen LogP contribution in [0.15, 0.2) is 18.1 Å². The SMILES string of the molecule is CCCN(C(=O)CN[C@H]1CCc2ncnn2C1)C1=CCCCC1. The Morgan fingerprint density at radius 3 is 3.13 bits per heavy atom. The van der Waals surface area contributed by atoms with Crippen LogP contribution >= 0.6 is 0 Å². The second-order valence-corrected chi connectivity index (χ2v) is 6.46. The Morgan fingerprint density at radius 1 is 1.43 bits per heavy atom. The maximum Gasteiger partial charge on any atom is 0.240 e. The molecule has 23 heavy (non-hydrogen) atoms. The van der Waals surface area contributed by atoms with Crippen LogP contribution in [-0.2, 0) is 17.8 Å². The number of aromatic nitrogens is 3. The summed E-state index contributed by atoms with van der Waals surface area (Å²) in [6, 6.07) is 0.303. The van der Waals surface area contributed by atoms with E-state index in [0.29, 0.717) is 12.6 Å². The molecule has 1 aliphatic heterocycles. The van der Waals surface area contributed by atoms with Crippen LogP contribution in [0.3, 0.4) is 0 Å². The molecule has 1 aliphatic carbocycles. The van der Waals surface area contributed by atoms with Crippen LogP contribution in [0.1, 0.15) is 51.3 Å². The van der Waals surface area contributed by atoms with Crippen molar-refractivity contribution in [3.8, 4) is 0 Å². The third kappa shape index (κ3) is 3.99. The number of hydrogen-bond donors (Lipinski definition) is 1. The summed E-state index contributed by atoms with van der Waals surface area (Å²) in [5.41, 5.74) is 1.23. The molecular formula is C17H27N5O. The highest BCUT2D eigenvalue weighted by Gasteiger charge is 2.22. The van der Waals surface area contributed by atoms with E-state index in [1.807, 2.05) is 9.58 Å². The zero-order chi connectivity index (χ0) is 16.1. The van der Waals surface area contributed by atoms with Crippen LogP contribution in [0.5, 0.6) is 0 Å². The van der Waals surface area contributed by atoms with Crippen molar-refractivity contribution in [1.29, 1.82) is 0 Å². The van der Waals surface area contributed by atoms with Crippen molar-refractivity contribution in [3.05, 3.63) is 23.9 Å². The Balaban J connectivity index is 1.54. The van der Waals surface area contributed by atoms with E-state index in [-0.39, 0.29) is 5.91 Å². The van der Waals surface area contributed by atoms with Crippen molar-refractivity contribution in [1.82, 2.24) is 25.0 Å². The highest BCUT2D eigenvalue weighted by Crippen LogP contribution is 2.21. The van der Waals surface area contributed by atoms with Gasteiger partial charge in [-0.2, -0.15) is 5.10 Å². The van der Waals surface area contributed by atoms with Gasteiger partial charge in [-0.1, -0.05) is 13.0 Å². The molecule has 6 heteroatoms. The lowest BCUT2D eigenvalue weighted by atomic mass is 10.0. The Labute approximate surface area is 138 Å². The summed E-state index contributed by atoms with van der Waals surface area (Å²) in [7, 11) is 0. The predicted octanol–water partition coefficient (Wildman–Crippen LogP) is 1.88. The van der Waals surface area contributed by atoms with Crippen molar-refractivity contribution < 1.29 is 4.79 Å². The molecule has 0 bridgehead atoms. The molecule has 0 fully saturated rings. The molecule has 1 amide bonds. The first-order valence-corrected chi connectivity index (χ1v) is 8.87. The van der Waals surface area contributed by atoms with Crippen molar-refractivity contribution in [3.63, 3.8) is 0 Å². The quantitative estimate of drug-likeness (QED) is 0.870. The highest BCUT2D eigenvalue weighted by molar-refractivity contribution is 5.80. The molecule has 3 rings (SSSR count). The average Bonchev–Trinajstić information content (AvgIpc) is 3.06. The molecule has 0 spiro atoms. The lowest BCUT2D eigenvalue weighted by molar-refractivity contribution is -0.128. The highest BCUT2D eigenvalue weighted by atomic mass is 16.2. The monoisotopic (exact) mass is 317 g/mol. The normalized spacial score (nSPS) is 20.7. The molecule has 0 unspecified atom stereocenters. The Bertz CT molecular complexity index is 565. The molecule has 2 heterocycles. The van der Waals surface area contributed by atoms with Gasteiger partial charge >= 0.3 is 0 Å². The van der Waals surface area contributed by atoms with Crippen molar-refractivity contribution in [2.24, 2.45) is 0 Å². The second kappa shape index (κ2) is 7.73. The number of aryl methyl sites for hydroxylation is 1. The van der Waals surface area contributed by atoms with Crippen LogP contribution in [0, 0.1) is 0 Å². The minimum absolute atomic E-state index is 0.199. The predicted molar refractivity (Wildman–Crippen MR) is 88.7 cm³/mol. The number of rotatable bonds is 6. The molecule has 1 aromatic rings. The fourth-order valence-corrected chi connectivity index (χ4v) is 3.45. The Kier molecular flexibility index (Phi) is 5.43. The lowest BCUT2D eigenvalue weighted by Gasteiger charge is -2.29. The van der Waals surface area contributed by atoms with E-state index in [9.17, 15) is 4.79 Å². The summed E-state index contributed by atoms with van der Waals surface area (Å²) in [5, 5.41) is 7.66. The standard InChI is InChI=1S/C17H27N5O/c1-2-10-21(15-6-4-3-5-7-15)17(23)11-18-14-8-9-16-19-13-20-22(16)12-14/h6,13-14,18H,2-5,7-12H2,1H3/t14-/m0/s1. The van der Waals surface area contributed by atoms with Crippen LogP contribution in [0.25, 0.3) is 0 Å². The first-order valence-electron chi connectivity index (χ1n) is 8.87. The van der Waals surface area contributed by atoms with Gasteiger partial charge in [-0.25, -0.2) is 9.67 Å². The van der Waals surface area contributed by atoms with E-state index in [0.717, 1.165) is 51.0 Å². The van der Waals surface area contributed by atoms with Crippen LogP contribution < -0.4 is 5.32 Å². The van der Waals surface area contributed by atoms with Gasteiger partial charge in [0.05, 0.1) is 13.1 Å². The van der Waals surface area contributed by atoms with Gasteiger partial charge in [0.25, 0.3) is 0 Å². The zero-order valence-corrected chi connectivity index (χ0v) is 14.0. The third-order valence-corrected chi connectivity index (χ3v) is 4.71. The summed E-state index contributed by atoms with van der Waals surface area (Å²) in [4.78, 5) is 18.9. The number of nitrogens with zero attached hydrogens (tertiary/aromatic N) is 4. The van der Waals surface area contributed by atoms with E-state index >= 15 is 0 Å². The van der Waals surface area contributed by atoms with Gasteiger partial charge in [0.1, 0.15) is 12.2 Å². The summed E-state index contributed by atoms with van der Waals surface area (Å²) in [6.45, 7) is 4.17. The molecule has 1 atom stereocenters. The summed E-state index contributed by atoms with van der Waals surface area (Å²) < 4.78 is 1.94. The Hall–Kier alpha value is -1.69. The number of hydrogen-bond acceptors (Lipinski definition) is 4. The molecule has 0 saturated heterocycles. The van der Waals surface area contributed by atoms with E-state index < -0.39 is 0 Å². The fourth-order valence-electron chi connectivity index (χ4n) is 3.45. The maximum absolute atomic E-state index is 12.7. The number of carbonyl (C=O) groups is 1. The maximum atomic E-state index is 12.7. The molecule has 1 aromatic heterocycles. The van der Waals surface area contributed by atoms with Gasteiger partial charge < -0.3 is 10.2 Å². The first-order chi connectivity index (χ1) is 11.3. The molecule has 126 valence electrons. The van der Waals surface area contributed by atoms with Crippen LogP contribution in [0.2, 0.25) is 0 Å². The third-order valence-electron chi connectivity index (χ3n) is 4.71. The smallest absolute Gasteiger partial charge is 0.240 e. The molecule has 6 nitrogen and oxygen atoms in total. The van der Waals surface area contributed by atoms with Crippen molar-refractivity contribution >= 4 is 5.91 Å². The van der Waals surface area contributed by atoms with Gasteiger partial charge in [-0.15, -0.1) is 0 Å². The number of nitrogens with one attached hydrogen (secondary N) is 1. The minimum Gasteiger partial charge on any atom is -0.315 e. The largest absolute Gasteiger partial charge is 0.315 e. The van der Waals surface area contributed by atoms with Gasteiger partial charge in [0, 0.05) is 24.7 Å². The Morgan fingerprint density at radius 2 is 2.35 bits per heavy atom. The second-order valence-electron chi connectivity index (χ2n) is 6.46.